The van der Waals surface area contributed by atoms with Crippen LogP contribution < -0.4 is 10.5 Å². The number of nitrogens with zero attached hydrogens (tertiary/aromatic N) is 2. The van der Waals surface area contributed by atoms with Crippen molar-refractivity contribution in [2.75, 3.05) is 24.6 Å². The van der Waals surface area contributed by atoms with Crippen LogP contribution in [0.2, 0.25) is 10.0 Å². The van der Waals surface area contributed by atoms with Crippen LogP contribution in [0, 0.1) is 5.92 Å². The molecule has 0 amide bonds. The van der Waals surface area contributed by atoms with E-state index in [4.69, 9.17) is 32.9 Å². The number of thiophene rings is 1. The fourth-order valence-corrected chi connectivity index (χ4v) is 4.73. The topological polar surface area (TPSA) is 75.3 Å². The van der Waals surface area contributed by atoms with Crippen molar-refractivity contribution in [2.45, 2.75) is 19.8 Å². The van der Waals surface area contributed by atoms with E-state index in [1.54, 1.807) is 12.1 Å². The standard InChI is InChI=1S/C20H19Cl2N3O3S/c1-2-28-19(27)11-5-7-25(8-6-11)20-23-16-13(10-29-17(16)18(26)24-20)12-3-4-14(21)15(22)9-12/h3-4,9-11H,2,5-8H2,1H3,(H,23,24,26). The third-order valence-electron chi connectivity index (χ3n) is 5.06. The van der Waals surface area contributed by atoms with Gasteiger partial charge in [-0.3, -0.25) is 14.6 Å². The number of halogens is 2. The highest BCUT2D eigenvalue weighted by Crippen LogP contribution is 2.35. The van der Waals surface area contributed by atoms with Crippen molar-refractivity contribution in [2.24, 2.45) is 5.92 Å². The fraction of sp³-hybridized carbons (Fsp3) is 0.350. The molecule has 0 radical (unpaired) electrons. The number of aromatic nitrogens is 2. The van der Waals surface area contributed by atoms with E-state index in [0.29, 0.717) is 58.7 Å². The summed E-state index contributed by atoms with van der Waals surface area (Å²) in [6.07, 6.45) is 1.34. The van der Waals surface area contributed by atoms with Gasteiger partial charge in [0, 0.05) is 24.0 Å². The molecule has 1 fully saturated rings. The SMILES string of the molecule is CCOC(=O)C1CCN(c2nc3c(-c4ccc(Cl)c(Cl)c4)csc3c(=O)[nH]2)CC1. The first-order chi connectivity index (χ1) is 14.0. The van der Waals surface area contributed by atoms with Crippen LogP contribution >= 0.6 is 34.5 Å². The van der Waals surface area contributed by atoms with E-state index < -0.39 is 0 Å². The fourth-order valence-electron chi connectivity index (χ4n) is 3.52. The lowest BCUT2D eigenvalue weighted by molar-refractivity contribution is -0.148. The first-order valence-electron chi connectivity index (χ1n) is 9.36. The van der Waals surface area contributed by atoms with Gasteiger partial charge in [-0.2, -0.15) is 0 Å². The number of ether oxygens (including phenoxy) is 1. The van der Waals surface area contributed by atoms with E-state index >= 15 is 0 Å². The van der Waals surface area contributed by atoms with Crippen LogP contribution in [0.1, 0.15) is 19.8 Å². The summed E-state index contributed by atoms with van der Waals surface area (Å²) < 4.78 is 5.69. The van der Waals surface area contributed by atoms with Gasteiger partial charge in [0.05, 0.1) is 28.1 Å². The summed E-state index contributed by atoms with van der Waals surface area (Å²) in [6, 6.07) is 5.37. The summed E-state index contributed by atoms with van der Waals surface area (Å²) in [4.78, 5) is 34.2. The van der Waals surface area contributed by atoms with Crippen LogP contribution in [0.3, 0.4) is 0 Å². The van der Waals surface area contributed by atoms with Crippen molar-refractivity contribution in [3.63, 3.8) is 0 Å². The van der Waals surface area contributed by atoms with Crippen LogP contribution in [0.4, 0.5) is 5.95 Å². The summed E-state index contributed by atoms with van der Waals surface area (Å²) in [7, 11) is 0. The van der Waals surface area contributed by atoms with Gasteiger partial charge in [0.2, 0.25) is 5.95 Å². The number of aromatic amines is 1. The average Bonchev–Trinajstić information content (AvgIpc) is 3.15. The Kier molecular flexibility index (Phi) is 5.81. The van der Waals surface area contributed by atoms with Crippen LogP contribution in [0.25, 0.3) is 21.3 Å². The van der Waals surface area contributed by atoms with Crippen molar-refractivity contribution < 1.29 is 9.53 Å². The number of fused-ring (bicyclic) bond motifs is 1. The zero-order chi connectivity index (χ0) is 20.5. The quantitative estimate of drug-likeness (QED) is 0.579. The van der Waals surface area contributed by atoms with E-state index in [2.05, 4.69) is 4.98 Å². The van der Waals surface area contributed by atoms with Crippen LogP contribution in [0.15, 0.2) is 28.4 Å². The third-order valence-corrected chi connectivity index (χ3v) is 6.77. The zero-order valence-corrected chi connectivity index (χ0v) is 18.0. The van der Waals surface area contributed by atoms with Crippen molar-refractivity contribution >= 4 is 56.7 Å². The number of piperidine rings is 1. The number of esters is 1. The predicted molar refractivity (Wildman–Crippen MR) is 117 cm³/mol. The number of hydrogen-bond acceptors (Lipinski definition) is 6. The lowest BCUT2D eigenvalue weighted by Gasteiger charge is -2.31. The monoisotopic (exact) mass is 451 g/mol. The number of hydrogen-bond donors (Lipinski definition) is 1. The molecule has 0 atom stereocenters. The molecule has 1 N–H and O–H groups in total. The molecule has 1 aliphatic rings. The van der Waals surface area contributed by atoms with Crippen molar-refractivity contribution in [1.82, 2.24) is 9.97 Å². The summed E-state index contributed by atoms with van der Waals surface area (Å²) in [5.74, 6) is 0.267. The number of benzene rings is 1. The van der Waals surface area contributed by atoms with Crippen LogP contribution in [-0.2, 0) is 9.53 Å². The summed E-state index contributed by atoms with van der Waals surface area (Å²) in [5, 5.41) is 2.84. The molecule has 1 aliphatic heterocycles. The van der Waals surface area contributed by atoms with Gasteiger partial charge < -0.3 is 9.64 Å². The molecule has 3 aromatic rings. The predicted octanol–water partition coefficient (Wildman–Crippen LogP) is 4.74. The molecule has 2 aromatic heterocycles. The van der Waals surface area contributed by atoms with Gasteiger partial charge in [0.25, 0.3) is 5.56 Å². The third kappa shape index (κ3) is 3.99. The number of carbonyl (C=O) groups is 1. The molecule has 3 heterocycles. The average molecular weight is 452 g/mol. The maximum atomic E-state index is 12.6. The highest BCUT2D eigenvalue weighted by molar-refractivity contribution is 7.17. The smallest absolute Gasteiger partial charge is 0.309 e. The van der Waals surface area contributed by atoms with Gasteiger partial charge >= 0.3 is 5.97 Å². The molecular formula is C20H19Cl2N3O3S. The molecule has 152 valence electrons. The van der Waals surface area contributed by atoms with E-state index in [1.807, 2.05) is 23.3 Å². The van der Waals surface area contributed by atoms with E-state index in [1.165, 1.54) is 11.3 Å². The zero-order valence-electron chi connectivity index (χ0n) is 15.7. The van der Waals surface area contributed by atoms with Gasteiger partial charge in [0.15, 0.2) is 0 Å². The van der Waals surface area contributed by atoms with Gasteiger partial charge in [-0.25, -0.2) is 4.98 Å². The molecule has 0 spiro atoms. The molecule has 0 saturated carbocycles. The second-order valence-electron chi connectivity index (χ2n) is 6.86. The Morgan fingerprint density at radius 1 is 1.31 bits per heavy atom. The minimum Gasteiger partial charge on any atom is -0.466 e. The number of anilines is 1. The molecule has 0 unspecified atom stereocenters. The van der Waals surface area contributed by atoms with Crippen LogP contribution in [0.5, 0.6) is 0 Å². The van der Waals surface area contributed by atoms with Gasteiger partial charge in [-0.15, -0.1) is 11.3 Å². The van der Waals surface area contributed by atoms with E-state index in [0.717, 1.165) is 11.1 Å². The first kappa shape index (κ1) is 20.2. The Hall–Kier alpha value is -2.09. The number of nitrogens with one attached hydrogen (secondary N) is 1. The van der Waals surface area contributed by atoms with Gasteiger partial charge in [-0.05, 0) is 37.5 Å². The van der Waals surface area contributed by atoms with Gasteiger partial charge in [-0.1, -0.05) is 29.3 Å². The molecule has 1 aromatic carbocycles. The van der Waals surface area contributed by atoms with Crippen molar-refractivity contribution in [3.05, 3.63) is 44.0 Å². The highest BCUT2D eigenvalue weighted by Gasteiger charge is 2.27. The maximum Gasteiger partial charge on any atom is 0.309 e. The Labute approximate surface area is 181 Å². The molecule has 1 saturated heterocycles. The molecule has 6 nitrogen and oxygen atoms in total. The molecule has 0 aliphatic carbocycles. The van der Waals surface area contributed by atoms with Crippen molar-refractivity contribution in [1.29, 1.82) is 0 Å². The largest absolute Gasteiger partial charge is 0.466 e. The number of carbonyl (C=O) groups excluding carboxylic acids is 1. The lowest BCUT2D eigenvalue weighted by atomic mass is 9.97. The Morgan fingerprint density at radius 2 is 2.07 bits per heavy atom. The molecular weight excluding hydrogens is 433 g/mol. The Balaban J connectivity index is 1.64. The molecule has 9 heteroatoms. The number of rotatable bonds is 4. The molecule has 29 heavy (non-hydrogen) atoms. The number of H-pyrrole nitrogens is 1. The second kappa shape index (κ2) is 8.34. The lowest BCUT2D eigenvalue weighted by Crippen LogP contribution is -2.38. The van der Waals surface area contributed by atoms with E-state index in [9.17, 15) is 9.59 Å². The van der Waals surface area contributed by atoms with E-state index in [-0.39, 0.29) is 17.4 Å². The molecule has 0 bridgehead atoms. The van der Waals surface area contributed by atoms with Gasteiger partial charge in [0.1, 0.15) is 4.70 Å². The summed E-state index contributed by atoms with van der Waals surface area (Å²) in [5.41, 5.74) is 2.17. The van der Waals surface area contributed by atoms with Crippen molar-refractivity contribution in [3.8, 4) is 11.1 Å². The van der Waals surface area contributed by atoms with Crippen LogP contribution in [-0.4, -0.2) is 35.6 Å². The Morgan fingerprint density at radius 3 is 2.76 bits per heavy atom. The minimum absolute atomic E-state index is 0.102. The first-order valence-corrected chi connectivity index (χ1v) is 11.0. The molecule has 4 rings (SSSR count). The minimum atomic E-state index is -0.172. The summed E-state index contributed by atoms with van der Waals surface area (Å²) in [6.45, 7) is 3.46. The second-order valence-corrected chi connectivity index (χ2v) is 8.55. The normalized spacial score (nSPS) is 15.1. The summed E-state index contributed by atoms with van der Waals surface area (Å²) >= 11 is 13.5. The maximum absolute atomic E-state index is 12.6. The highest BCUT2D eigenvalue weighted by atomic mass is 35.5. The Bertz CT molecular complexity index is 1120.